The van der Waals surface area contributed by atoms with Crippen molar-refractivity contribution in [2.45, 2.75) is 64.4 Å². The highest BCUT2D eigenvalue weighted by molar-refractivity contribution is 5.95. The molecule has 160 valence electrons. The van der Waals surface area contributed by atoms with Gasteiger partial charge in [-0.3, -0.25) is 9.59 Å². The van der Waals surface area contributed by atoms with Gasteiger partial charge in [-0.1, -0.05) is 32.9 Å². The number of esters is 1. The number of hydrogen-bond donors (Lipinski definition) is 4. The van der Waals surface area contributed by atoms with Crippen LogP contribution in [0.1, 0.15) is 41.0 Å². The summed E-state index contributed by atoms with van der Waals surface area (Å²) in [6.45, 7) is 8.09. The third-order valence-electron chi connectivity index (χ3n) is 8.38. The van der Waals surface area contributed by atoms with Gasteiger partial charge in [-0.25, -0.2) is 0 Å². The number of Topliss-reactive ketones (excluding diaryl/α,β-unsaturated/α-hetero) is 1. The van der Waals surface area contributed by atoms with Gasteiger partial charge in [0.15, 0.2) is 5.78 Å². The van der Waals surface area contributed by atoms with E-state index in [0.29, 0.717) is 12.0 Å². The van der Waals surface area contributed by atoms with Crippen LogP contribution < -0.4 is 0 Å². The summed E-state index contributed by atoms with van der Waals surface area (Å²) in [5, 5.41) is 43.6. The number of allylic oxidation sites excluding steroid dienone is 1. The minimum absolute atomic E-state index is 0.100. The Morgan fingerprint density at radius 2 is 1.90 bits per heavy atom. The summed E-state index contributed by atoms with van der Waals surface area (Å²) in [6.07, 6.45) is 0.381. The lowest BCUT2D eigenvalue weighted by Gasteiger charge is -2.48. The first-order valence-corrected chi connectivity index (χ1v) is 10.2. The molecule has 4 rings (SSSR count). The molecule has 0 amide bonds. The first kappa shape index (κ1) is 20.7. The highest BCUT2D eigenvalue weighted by Gasteiger charge is 2.83. The SMILES string of the molecule is CC(=O)O[C@@]12CC(C)[C@]34C=C(C)[C@H](O)[C@@]3(O)[C@H](O)C(CO)=C[C@H](C4=O)[C@@H]1C2(C)C. The fourth-order valence-electron chi connectivity index (χ4n) is 6.99. The van der Waals surface area contributed by atoms with E-state index in [9.17, 15) is 30.0 Å². The number of carbonyl (C=O) groups excluding carboxylic acids is 2. The molecule has 1 spiro atoms. The maximum absolute atomic E-state index is 14.0. The van der Waals surface area contributed by atoms with Crippen LogP contribution in [0.2, 0.25) is 0 Å². The van der Waals surface area contributed by atoms with E-state index >= 15 is 0 Å². The summed E-state index contributed by atoms with van der Waals surface area (Å²) in [7, 11) is 0. The van der Waals surface area contributed by atoms with E-state index < -0.39 is 58.7 Å². The Labute approximate surface area is 170 Å². The lowest BCUT2D eigenvalue weighted by Crippen LogP contribution is -2.65. The zero-order valence-electron chi connectivity index (χ0n) is 17.5. The van der Waals surface area contributed by atoms with Crippen LogP contribution in [-0.2, 0) is 14.3 Å². The number of aliphatic hydroxyl groups is 4. The molecule has 0 aromatic rings. The molecule has 2 bridgehead atoms. The first-order valence-electron chi connectivity index (χ1n) is 10.2. The van der Waals surface area contributed by atoms with Crippen LogP contribution in [0.3, 0.4) is 0 Å². The van der Waals surface area contributed by atoms with Crippen LogP contribution in [0.15, 0.2) is 23.3 Å². The van der Waals surface area contributed by atoms with Gasteiger partial charge in [0.2, 0.25) is 0 Å². The van der Waals surface area contributed by atoms with E-state index in [1.807, 2.05) is 13.8 Å². The summed E-state index contributed by atoms with van der Waals surface area (Å²) in [4.78, 5) is 26.0. The van der Waals surface area contributed by atoms with Crippen molar-refractivity contribution < 1.29 is 34.8 Å². The Kier molecular flexibility index (Phi) is 4.13. The zero-order chi connectivity index (χ0) is 21.7. The van der Waals surface area contributed by atoms with Gasteiger partial charge in [0.05, 0.1) is 12.0 Å². The molecule has 0 heterocycles. The maximum atomic E-state index is 14.0. The predicted octanol–water partition coefficient (Wildman–Crippen LogP) is 0.501. The summed E-state index contributed by atoms with van der Waals surface area (Å²) in [5.74, 6) is -2.39. The molecular weight excluding hydrogens is 376 g/mol. The van der Waals surface area contributed by atoms with E-state index in [1.54, 1.807) is 19.9 Å². The highest BCUT2D eigenvalue weighted by Crippen LogP contribution is 2.75. The Morgan fingerprint density at radius 3 is 2.45 bits per heavy atom. The standard InChI is InChI=1S/C22H30O7/c1-10-7-20-11(2)8-21(29-12(3)24)15(19(21,4)5)14(18(20)27)6-13(9-23)17(26)22(20,28)16(10)25/h6-7,11,14-17,23,25-26,28H,8-9H2,1-5H3/t11?,14-,15+,16-,17+,20-,21-,22+/m0/s1. The molecule has 0 aromatic carbocycles. The van der Waals surface area contributed by atoms with Crippen LogP contribution in [0.4, 0.5) is 0 Å². The van der Waals surface area contributed by atoms with Gasteiger partial charge in [-0.15, -0.1) is 0 Å². The molecule has 2 fully saturated rings. The number of ketones is 1. The van der Waals surface area contributed by atoms with Gasteiger partial charge in [0.1, 0.15) is 23.4 Å². The molecule has 7 heteroatoms. The van der Waals surface area contributed by atoms with Crippen molar-refractivity contribution in [3.8, 4) is 0 Å². The predicted molar refractivity (Wildman–Crippen MR) is 102 cm³/mol. The lowest BCUT2D eigenvalue weighted by atomic mass is 9.59. The average molecular weight is 406 g/mol. The topological polar surface area (TPSA) is 124 Å². The van der Waals surface area contributed by atoms with Crippen molar-refractivity contribution in [2.75, 3.05) is 6.61 Å². The molecule has 0 saturated heterocycles. The fraction of sp³-hybridized carbons (Fsp3) is 0.727. The van der Waals surface area contributed by atoms with Crippen LogP contribution in [0, 0.1) is 28.6 Å². The van der Waals surface area contributed by atoms with Crippen LogP contribution in [0.5, 0.6) is 0 Å². The smallest absolute Gasteiger partial charge is 0.303 e. The van der Waals surface area contributed by atoms with Gasteiger partial charge >= 0.3 is 5.97 Å². The molecule has 4 N–H and O–H groups in total. The van der Waals surface area contributed by atoms with E-state index in [0.717, 1.165) is 0 Å². The number of rotatable bonds is 2. The van der Waals surface area contributed by atoms with Crippen molar-refractivity contribution in [3.63, 3.8) is 0 Å². The third-order valence-corrected chi connectivity index (χ3v) is 8.38. The minimum Gasteiger partial charge on any atom is -0.458 e. The van der Waals surface area contributed by atoms with Crippen molar-refractivity contribution in [1.29, 1.82) is 0 Å². The Hall–Kier alpha value is -1.54. The molecule has 4 aliphatic carbocycles. The van der Waals surface area contributed by atoms with Crippen LogP contribution in [-0.4, -0.2) is 62.2 Å². The molecule has 4 aliphatic rings. The van der Waals surface area contributed by atoms with Gasteiger partial charge in [0, 0.05) is 24.2 Å². The fourth-order valence-corrected chi connectivity index (χ4v) is 6.99. The number of hydrogen-bond acceptors (Lipinski definition) is 7. The summed E-state index contributed by atoms with van der Waals surface area (Å²) >= 11 is 0. The molecule has 7 nitrogen and oxygen atoms in total. The highest BCUT2D eigenvalue weighted by atomic mass is 16.6. The largest absolute Gasteiger partial charge is 0.458 e. The number of carbonyl (C=O) groups is 2. The summed E-state index contributed by atoms with van der Waals surface area (Å²) in [6, 6.07) is 0. The van der Waals surface area contributed by atoms with Gasteiger partial charge in [-0.2, -0.15) is 0 Å². The minimum atomic E-state index is -2.20. The van der Waals surface area contributed by atoms with Crippen LogP contribution >= 0.6 is 0 Å². The Bertz CT molecular complexity index is 857. The van der Waals surface area contributed by atoms with Crippen molar-refractivity contribution in [1.82, 2.24) is 0 Å². The van der Waals surface area contributed by atoms with E-state index in [-0.39, 0.29) is 17.3 Å². The van der Waals surface area contributed by atoms with Crippen molar-refractivity contribution in [3.05, 3.63) is 23.3 Å². The normalized spacial score (nSPS) is 49.8. The molecular formula is C22H30O7. The molecule has 29 heavy (non-hydrogen) atoms. The molecule has 0 aromatic heterocycles. The van der Waals surface area contributed by atoms with Gasteiger partial charge in [0.25, 0.3) is 0 Å². The van der Waals surface area contributed by atoms with Crippen molar-refractivity contribution >= 4 is 11.8 Å². The Morgan fingerprint density at radius 1 is 1.28 bits per heavy atom. The molecule has 0 aliphatic heterocycles. The quantitative estimate of drug-likeness (QED) is 0.389. The van der Waals surface area contributed by atoms with E-state index in [1.165, 1.54) is 13.0 Å². The van der Waals surface area contributed by atoms with Crippen LogP contribution in [0.25, 0.3) is 0 Å². The van der Waals surface area contributed by atoms with Gasteiger partial charge < -0.3 is 25.2 Å². The Balaban J connectivity index is 2.01. The number of ether oxygens (including phenoxy) is 1. The molecule has 1 unspecified atom stereocenters. The maximum Gasteiger partial charge on any atom is 0.303 e. The summed E-state index contributed by atoms with van der Waals surface area (Å²) < 4.78 is 5.83. The van der Waals surface area contributed by atoms with Crippen molar-refractivity contribution in [2.24, 2.45) is 28.6 Å². The van der Waals surface area contributed by atoms with E-state index in [2.05, 4.69) is 0 Å². The monoisotopic (exact) mass is 406 g/mol. The second-order valence-corrected chi connectivity index (χ2v) is 9.97. The number of aliphatic hydroxyl groups excluding tert-OH is 3. The second-order valence-electron chi connectivity index (χ2n) is 9.97. The molecule has 0 radical (unpaired) electrons. The van der Waals surface area contributed by atoms with Gasteiger partial charge in [-0.05, 0) is 30.4 Å². The second kappa shape index (κ2) is 5.78. The zero-order valence-corrected chi connectivity index (χ0v) is 17.5. The third kappa shape index (κ3) is 2.07. The number of fused-ring (bicyclic) bond motifs is 3. The lowest BCUT2D eigenvalue weighted by molar-refractivity contribution is -0.191. The molecule has 2 saturated carbocycles. The summed E-state index contributed by atoms with van der Waals surface area (Å²) in [5.41, 5.74) is -4.63. The first-order chi connectivity index (χ1) is 13.3. The molecule has 8 atom stereocenters. The average Bonchev–Trinajstić information content (AvgIpc) is 3.03. The van der Waals surface area contributed by atoms with E-state index in [4.69, 9.17) is 4.74 Å².